The lowest BCUT2D eigenvalue weighted by molar-refractivity contribution is 0.0951. The van der Waals surface area contributed by atoms with Crippen LogP contribution in [0.15, 0.2) is 29.2 Å². The molecule has 2 rings (SSSR count). The van der Waals surface area contributed by atoms with Gasteiger partial charge in [-0.3, -0.25) is 4.79 Å². The second kappa shape index (κ2) is 7.04. The number of hydrogen-bond donors (Lipinski definition) is 2. The highest BCUT2D eigenvalue weighted by atomic mass is 32.2. The van der Waals surface area contributed by atoms with Gasteiger partial charge in [0.05, 0.1) is 10.6 Å². The van der Waals surface area contributed by atoms with Crippen molar-refractivity contribution in [3.05, 3.63) is 29.8 Å². The summed E-state index contributed by atoms with van der Waals surface area (Å²) >= 11 is 0. The van der Waals surface area contributed by atoms with E-state index in [0.29, 0.717) is 18.0 Å². The summed E-state index contributed by atoms with van der Waals surface area (Å²) in [5.74, 6) is 0.553. The third-order valence-electron chi connectivity index (χ3n) is 3.86. The van der Waals surface area contributed by atoms with E-state index in [4.69, 9.17) is 0 Å². The van der Waals surface area contributed by atoms with Gasteiger partial charge in [0.2, 0.25) is 0 Å². The number of benzene rings is 1. The Labute approximate surface area is 126 Å². The zero-order valence-electron chi connectivity index (χ0n) is 12.3. The van der Waals surface area contributed by atoms with Crippen LogP contribution >= 0.6 is 0 Å². The summed E-state index contributed by atoms with van der Waals surface area (Å²) in [4.78, 5) is 12.2. The van der Waals surface area contributed by atoms with E-state index in [-0.39, 0.29) is 16.6 Å². The average molecular weight is 310 g/mol. The summed E-state index contributed by atoms with van der Waals surface area (Å²) in [7, 11) is -3.21. The monoisotopic (exact) mass is 310 g/mol. The molecule has 0 bridgehead atoms. The fraction of sp³-hybridized carbons (Fsp3) is 0.533. The van der Waals surface area contributed by atoms with Gasteiger partial charge in [0, 0.05) is 12.1 Å². The van der Waals surface area contributed by atoms with Gasteiger partial charge in [-0.1, -0.05) is 6.92 Å². The Morgan fingerprint density at radius 2 is 2.05 bits per heavy atom. The lowest BCUT2D eigenvalue weighted by Gasteiger charge is -2.09. The molecule has 1 aliphatic rings. The van der Waals surface area contributed by atoms with E-state index < -0.39 is 9.84 Å². The number of amides is 1. The van der Waals surface area contributed by atoms with E-state index in [1.165, 1.54) is 18.6 Å². The van der Waals surface area contributed by atoms with Crippen molar-refractivity contribution >= 4 is 15.7 Å². The smallest absolute Gasteiger partial charge is 0.251 e. The Morgan fingerprint density at radius 1 is 1.33 bits per heavy atom. The van der Waals surface area contributed by atoms with Crippen LogP contribution in [0.5, 0.6) is 0 Å². The summed E-state index contributed by atoms with van der Waals surface area (Å²) in [6.07, 6.45) is 2.14. The van der Waals surface area contributed by atoms with Crippen LogP contribution in [0.3, 0.4) is 0 Å². The Balaban J connectivity index is 1.87. The first-order chi connectivity index (χ1) is 10.0. The summed E-state index contributed by atoms with van der Waals surface area (Å²) < 4.78 is 23.4. The van der Waals surface area contributed by atoms with Crippen molar-refractivity contribution < 1.29 is 13.2 Å². The highest BCUT2D eigenvalue weighted by Crippen LogP contribution is 2.13. The Kier molecular flexibility index (Phi) is 5.36. The zero-order valence-corrected chi connectivity index (χ0v) is 13.1. The predicted octanol–water partition coefficient (Wildman–Crippen LogP) is 1.21. The Morgan fingerprint density at radius 3 is 2.62 bits per heavy atom. The van der Waals surface area contributed by atoms with Crippen molar-refractivity contribution in [2.24, 2.45) is 5.92 Å². The van der Waals surface area contributed by atoms with Crippen LogP contribution in [-0.2, 0) is 9.84 Å². The first-order valence-corrected chi connectivity index (χ1v) is 9.00. The molecule has 1 atom stereocenters. The molecule has 21 heavy (non-hydrogen) atoms. The van der Waals surface area contributed by atoms with Crippen LogP contribution in [-0.4, -0.2) is 39.7 Å². The molecule has 0 radical (unpaired) electrons. The normalized spacial score (nSPS) is 18.6. The van der Waals surface area contributed by atoms with Crippen molar-refractivity contribution in [2.75, 3.05) is 25.4 Å². The van der Waals surface area contributed by atoms with Crippen LogP contribution in [0.4, 0.5) is 0 Å². The maximum Gasteiger partial charge on any atom is 0.251 e. The number of carbonyl (C=O) groups is 1. The Bertz CT molecular complexity index is 575. The molecular formula is C15H22N2O3S. The van der Waals surface area contributed by atoms with Crippen LogP contribution in [0.1, 0.15) is 30.1 Å². The molecule has 2 N–H and O–H groups in total. The van der Waals surface area contributed by atoms with Crippen LogP contribution in [0.25, 0.3) is 0 Å². The van der Waals surface area contributed by atoms with Gasteiger partial charge in [-0.25, -0.2) is 8.42 Å². The minimum atomic E-state index is -3.21. The maximum absolute atomic E-state index is 12.0. The first kappa shape index (κ1) is 16.0. The zero-order chi connectivity index (χ0) is 15.3. The second-order valence-corrected chi connectivity index (χ2v) is 7.61. The minimum absolute atomic E-state index is 0.0635. The fourth-order valence-corrected chi connectivity index (χ4v) is 3.32. The highest BCUT2D eigenvalue weighted by molar-refractivity contribution is 7.91. The molecule has 1 amide bonds. The molecule has 6 heteroatoms. The SMILES string of the molecule is CCS(=O)(=O)c1ccc(C(=O)NCCC2CCNC2)cc1. The van der Waals surface area contributed by atoms with Crippen molar-refractivity contribution in [1.29, 1.82) is 0 Å². The quantitative estimate of drug-likeness (QED) is 0.828. The Hall–Kier alpha value is -1.40. The summed E-state index contributed by atoms with van der Waals surface area (Å²) in [5, 5.41) is 6.18. The van der Waals surface area contributed by atoms with Gasteiger partial charge in [-0.05, 0) is 56.1 Å². The van der Waals surface area contributed by atoms with E-state index in [0.717, 1.165) is 19.5 Å². The summed E-state index contributed by atoms with van der Waals surface area (Å²) in [6, 6.07) is 6.12. The van der Waals surface area contributed by atoms with Gasteiger partial charge < -0.3 is 10.6 Å². The lowest BCUT2D eigenvalue weighted by Crippen LogP contribution is -2.26. The molecule has 116 valence electrons. The van der Waals surface area contributed by atoms with Crippen molar-refractivity contribution in [3.8, 4) is 0 Å². The number of hydrogen-bond acceptors (Lipinski definition) is 4. The summed E-state index contributed by atoms with van der Waals surface area (Å²) in [6.45, 7) is 4.35. The maximum atomic E-state index is 12.0. The number of sulfone groups is 1. The van der Waals surface area contributed by atoms with E-state index in [9.17, 15) is 13.2 Å². The van der Waals surface area contributed by atoms with Crippen LogP contribution in [0.2, 0.25) is 0 Å². The number of carbonyl (C=O) groups excluding carboxylic acids is 1. The lowest BCUT2D eigenvalue weighted by atomic mass is 10.1. The van der Waals surface area contributed by atoms with E-state index >= 15 is 0 Å². The van der Waals surface area contributed by atoms with Crippen molar-refractivity contribution in [3.63, 3.8) is 0 Å². The second-order valence-electron chi connectivity index (χ2n) is 5.33. The molecule has 0 aromatic heterocycles. The van der Waals surface area contributed by atoms with Crippen molar-refractivity contribution in [1.82, 2.24) is 10.6 Å². The standard InChI is InChI=1S/C15H22N2O3S/c1-2-21(19,20)14-5-3-13(4-6-14)15(18)17-10-8-12-7-9-16-11-12/h3-6,12,16H,2,7-11H2,1H3,(H,17,18). The number of rotatable bonds is 6. The van der Waals surface area contributed by atoms with Crippen molar-refractivity contribution in [2.45, 2.75) is 24.7 Å². The van der Waals surface area contributed by atoms with Gasteiger partial charge in [0.1, 0.15) is 0 Å². The molecular weight excluding hydrogens is 288 g/mol. The van der Waals surface area contributed by atoms with Gasteiger partial charge in [0.25, 0.3) is 5.91 Å². The van der Waals surface area contributed by atoms with Gasteiger partial charge in [0.15, 0.2) is 9.84 Å². The van der Waals surface area contributed by atoms with E-state index in [2.05, 4.69) is 10.6 Å². The molecule has 0 saturated carbocycles. The third-order valence-corrected chi connectivity index (χ3v) is 5.61. The average Bonchev–Trinajstić information content (AvgIpc) is 3.00. The van der Waals surface area contributed by atoms with E-state index in [1.807, 2.05) is 0 Å². The van der Waals surface area contributed by atoms with Crippen LogP contribution < -0.4 is 10.6 Å². The molecule has 1 heterocycles. The largest absolute Gasteiger partial charge is 0.352 e. The van der Waals surface area contributed by atoms with Crippen LogP contribution in [0, 0.1) is 5.92 Å². The minimum Gasteiger partial charge on any atom is -0.352 e. The molecule has 5 nitrogen and oxygen atoms in total. The molecule has 1 aliphatic heterocycles. The molecule has 1 unspecified atom stereocenters. The first-order valence-electron chi connectivity index (χ1n) is 7.34. The highest BCUT2D eigenvalue weighted by Gasteiger charge is 2.15. The van der Waals surface area contributed by atoms with E-state index in [1.54, 1.807) is 19.1 Å². The third kappa shape index (κ3) is 4.28. The number of nitrogens with one attached hydrogen (secondary N) is 2. The molecule has 1 saturated heterocycles. The molecule has 0 spiro atoms. The predicted molar refractivity (Wildman–Crippen MR) is 82.1 cm³/mol. The summed E-state index contributed by atoms with van der Waals surface area (Å²) in [5.41, 5.74) is 0.495. The molecule has 1 aromatic rings. The topological polar surface area (TPSA) is 75.3 Å². The molecule has 1 fully saturated rings. The van der Waals surface area contributed by atoms with Gasteiger partial charge >= 0.3 is 0 Å². The van der Waals surface area contributed by atoms with Gasteiger partial charge in [-0.2, -0.15) is 0 Å². The van der Waals surface area contributed by atoms with Gasteiger partial charge in [-0.15, -0.1) is 0 Å². The fourth-order valence-electron chi connectivity index (χ4n) is 2.43. The molecule has 1 aromatic carbocycles. The molecule has 0 aliphatic carbocycles.